The van der Waals surface area contributed by atoms with E-state index in [9.17, 15) is 0 Å². The summed E-state index contributed by atoms with van der Waals surface area (Å²) in [6.45, 7) is 9.27. The highest BCUT2D eigenvalue weighted by Gasteiger charge is 2.41. The fraction of sp³-hybridized carbons (Fsp3) is 0.143. The summed E-state index contributed by atoms with van der Waals surface area (Å²) in [4.78, 5) is 0. The van der Waals surface area contributed by atoms with Crippen LogP contribution >= 0.6 is 0 Å². The third-order valence-electron chi connectivity index (χ3n) is 7.95. The Balaban J connectivity index is 1.59. The SMILES string of the molecule is Cc1ccc(-c2cccc(B3c4ccccc4C(C)(C)c4c3cccc4-c3ccc(C)cc3)c2)cc1. The first-order valence-electron chi connectivity index (χ1n) is 12.9. The number of hydrogen-bond donors (Lipinski definition) is 0. The Morgan fingerprint density at radius 3 is 1.86 bits per heavy atom. The highest BCUT2D eigenvalue weighted by molar-refractivity contribution is 6.96. The van der Waals surface area contributed by atoms with E-state index in [4.69, 9.17) is 0 Å². The predicted octanol–water partition coefficient (Wildman–Crippen LogP) is 6.79. The van der Waals surface area contributed by atoms with Crippen LogP contribution in [0.5, 0.6) is 0 Å². The molecule has 1 heterocycles. The molecule has 0 saturated heterocycles. The van der Waals surface area contributed by atoms with E-state index in [2.05, 4.69) is 143 Å². The van der Waals surface area contributed by atoms with E-state index in [1.54, 1.807) is 0 Å². The number of hydrogen-bond acceptors (Lipinski definition) is 0. The number of aryl methyl sites for hydroxylation is 2. The fourth-order valence-electron chi connectivity index (χ4n) is 6.10. The van der Waals surface area contributed by atoms with Gasteiger partial charge >= 0.3 is 0 Å². The van der Waals surface area contributed by atoms with Crippen LogP contribution in [0.1, 0.15) is 36.1 Å². The van der Waals surface area contributed by atoms with E-state index in [1.165, 1.54) is 60.9 Å². The van der Waals surface area contributed by atoms with Crippen molar-refractivity contribution < 1.29 is 0 Å². The van der Waals surface area contributed by atoms with Crippen LogP contribution in [0.2, 0.25) is 0 Å². The lowest BCUT2D eigenvalue weighted by molar-refractivity contribution is 0.648. The summed E-state index contributed by atoms with van der Waals surface area (Å²) < 4.78 is 0. The molecule has 0 nitrogen and oxygen atoms in total. The van der Waals surface area contributed by atoms with Crippen LogP contribution in [0.25, 0.3) is 22.3 Å². The summed E-state index contributed by atoms with van der Waals surface area (Å²) in [5.74, 6) is 0. The molecular formula is C35H31B. The van der Waals surface area contributed by atoms with Crippen molar-refractivity contribution in [2.45, 2.75) is 33.1 Å². The third-order valence-corrected chi connectivity index (χ3v) is 7.95. The molecule has 1 aliphatic rings. The van der Waals surface area contributed by atoms with Crippen LogP contribution < -0.4 is 16.4 Å². The molecular weight excluding hydrogens is 431 g/mol. The van der Waals surface area contributed by atoms with Crippen LogP contribution in [-0.2, 0) is 5.41 Å². The van der Waals surface area contributed by atoms with Crippen LogP contribution in [0.15, 0.2) is 115 Å². The maximum Gasteiger partial charge on any atom is 0.242 e. The minimum Gasteiger partial charge on any atom is -0.0680 e. The molecule has 0 radical (unpaired) electrons. The Kier molecular flexibility index (Phi) is 5.45. The number of rotatable bonds is 3. The first-order chi connectivity index (χ1) is 17.4. The van der Waals surface area contributed by atoms with Crippen molar-refractivity contribution in [3.63, 3.8) is 0 Å². The lowest BCUT2D eigenvalue weighted by Gasteiger charge is -2.40. The third kappa shape index (κ3) is 3.71. The van der Waals surface area contributed by atoms with Gasteiger partial charge in [-0.3, -0.25) is 0 Å². The Morgan fingerprint density at radius 1 is 0.528 bits per heavy atom. The fourth-order valence-corrected chi connectivity index (χ4v) is 6.10. The molecule has 1 heteroatoms. The van der Waals surface area contributed by atoms with Gasteiger partial charge in [-0.05, 0) is 47.2 Å². The normalized spacial score (nSPS) is 13.7. The van der Waals surface area contributed by atoms with Crippen LogP contribution in [0.4, 0.5) is 0 Å². The van der Waals surface area contributed by atoms with Gasteiger partial charge in [0.1, 0.15) is 0 Å². The minimum absolute atomic E-state index is 0.0987. The molecule has 0 unspecified atom stereocenters. The molecule has 0 amide bonds. The van der Waals surface area contributed by atoms with E-state index in [0.717, 1.165) is 0 Å². The van der Waals surface area contributed by atoms with Crippen molar-refractivity contribution in [2.75, 3.05) is 0 Å². The molecule has 0 N–H and O–H groups in total. The van der Waals surface area contributed by atoms with Gasteiger partial charge in [-0.2, -0.15) is 0 Å². The van der Waals surface area contributed by atoms with E-state index in [-0.39, 0.29) is 12.1 Å². The standard InChI is InChI=1S/C35H31B/c1-24-15-19-26(20-16-24)28-9-7-10-29(23-28)36-32-13-6-5-12-31(32)35(3,4)34-30(11-8-14-33(34)36)27-21-17-25(2)18-22-27/h5-23H,1-4H3. The van der Waals surface area contributed by atoms with Crippen molar-refractivity contribution in [1.82, 2.24) is 0 Å². The summed E-state index contributed by atoms with van der Waals surface area (Å²) >= 11 is 0. The van der Waals surface area contributed by atoms with Gasteiger partial charge in [0.25, 0.3) is 0 Å². The summed E-state index contributed by atoms with van der Waals surface area (Å²) in [6.07, 6.45) is 0. The number of fused-ring (bicyclic) bond motifs is 2. The van der Waals surface area contributed by atoms with E-state index in [0.29, 0.717) is 0 Å². The van der Waals surface area contributed by atoms with Gasteiger partial charge in [0, 0.05) is 5.41 Å². The highest BCUT2D eigenvalue weighted by Crippen LogP contribution is 2.39. The maximum atomic E-state index is 2.40. The monoisotopic (exact) mass is 462 g/mol. The van der Waals surface area contributed by atoms with Gasteiger partial charge in [-0.25, -0.2) is 0 Å². The average Bonchev–Trinajstić information content (AvgIpc) is 2.90. The molecule has 174 valence electrons. The second kappa shape index (κ2) is 8.68. The summed E-state index contributed by atoms with van der Waals surface area (Å²) in [5, 5.41) is 0. The predicted molar refractivity (Wildman–Crippen MR) is 156 cm³/mol. The first kappa shape index (κ1) is 22.6. The van der Waals surface area contributed by atoms with E-state index < -0.39 is 0 Å². The first-order valence-corrected chi connectivity index (χ1v) is 12.9. The molecule has 0 saturated carbocycles. The topological polar surface area (TPSA) is 0 Å². The smallest absolute Gasteiger partial charge is 0.0680 e. The molecule has 5 aromatic rings. The quantitative estimate of drug-likeness (QED) is 0.259. The summed E-state index contributed by atoms with van der Waals surface area (Å²) in [7, 11) is 0. The van der Waals surface area contributed by atoms with Gasteiger partial charge in [0.05, 0.1) is 0 Å². The van der Waals surface area contributed by atoms with Crippen LogP contribution in [0.3, 0.4) is 0 Å². The lowest BCUT2D eigenvalue weighted by Crippen LogP contribution is -2.60. The van der Waals surface area contributed by atoms with Gasteiger partial charge in [-0.15, -0.1) is 0 Å². The highest BCUT2D eigenvalue weighted by atomic mass is 14.3. The van der Waals surface area contributed by atoms with Crippen molar-refractivity contribution in [3.8, 4) is 22.3 Å². The Hall–Kier alpha value is -3.84. The van der Waals surface area contributed by atoms with Gasteiger partial charge < -0.3 is 0 Å². The van der Waals surface area contributed by atoms with Crippen molar-refractivity contribution in [3.05, 3.63) is 138 Å². The van der Waals surface area contributed by atoms with E-state index in [1.807, 2.05) is 0 Å². The molecule has 0 spiro atoms. The van der Waals surface area contributed by atoms with Gasteiger partial charge in [-0.1, -0.05) is 157 Å². The molecule has 6 rings (SSSR count). The summed E-state index contributed by atoms with van der Waals surface area (Å²) in [6, 6.07) is 43.0. The minimum atomic E-state index is -0.0987. The molecule has 0 aromatic heterocycles. The molecule has 0 bridgehead atoms. The molecule has 0 aliphatic carbocycles. The second-order valence-corrected chi connectivity index (χ2v) is 10.8. The second-order valence-electron chi connectivity index (χ2n) is 10.8. The van der Waals surface area contributed by atoms with Crippen molar-refractivity contribution >= 4 is 23.1 Å². The zero-order valence-electron chi connectivity index (χ0n) is 21.5. The zero-order valence-corrected chi connectivity index (χ0v) is 21.5. The molecule has 0 atom stereocenters. The Bertz CT molecular complexity index is 1560. The van der Waals surface area contributed by atoms with Crippen LogP contribution in [0, 0.1) is 13.8 Å². The Labute approximate surface area is 215 Å². The maximum absolute atomic E-state index is 2.40. The van der Waals surface area contributed by atoms with Gasteiger partial charge in [0.2, 0.25) is 6.71 Å². The largest absolute Gasteiger partial charge is 0.242 e. The average molecular weight is 462 g/mol. The Morgan fingerprint density at radius 2 is 1.14 bits per heavy atom. The summed E-state index contributed by atoms with van der Waals surface area (Å²) in [5.41, 5.74) is 14.7. The van der Waals surface area contributed by atoms with Crippen LogP contribution in [-0.4, -0.2) is 6.71 Å². The molecule has 5 aromatic carbocycles. The molecule has 1 aliphatic heterocycles. The van der Waals surface area contributed by atoms with E-state index >= 15 is 0 Å². The number of benzene rings is 5. The van der Waals surface area contributed by atoms with Gasteiger partial charge in [0.15, 0.2) is 0 Å². The van der Waals surface area contributed by atoms with Crippen molar-refractivity contribution in [2.24, 2.45) is 0 Å². The molecule has 36 heavy (non-hydrogen) atoms. The molecule has 0 fully saturated rings. The lowest BCUT2D eigenvalue weighted by atomic mass is 9.31. The van der Waals surface area contributed by atoms with Crippen molar-refractivity contribution in [1.29, 1.82) is 0 Å². The zero-order chi connectivity index (χ0) is 24.9.